The van der Waals surface area contributed by atoms with Crippen molar-refractivity contribution in [2.75, 3.05) is 43.5 Å². The molecule has 5 rings (SSSR count). The topological polar surface area (TPSA) is 101 Å². The van der Waals surface area contributed by atoms with Gasteiger partial charge in [0.1, 0.15) is 11.4 Å². The van der Waals surface area contributed by atoms with Crippen molar-refractivity contribution in [3.8, 4) is 5.75 Å². The van der Waals surface area contributed by atoms with Crippen molar-refractivity contribution < 1.29 is 9.53 Å². The van der Waals surface area contributed by atoms with Gasteiger partial charge in [-0.05, 0) is 44.4 Å². The number of ketones is 1. The summed E-state index contributed by atoms with van der Waals surface area (Å²) in [6.07, 6.45) is 5.66. The number of nitrogens with one attached hydrogen (secondary N) is 2. The zero-order valence-electron chi connectivity index (χ0n) is 20.6. The van der Waals surface area contributed by atoms with Crippen LogP contribution in [0, 0.1) is 6.92 Å². The second kappa shape index (κ2) is 9.65. The van der Waals surface area contributed by atoms with Gasteiger partial charge in [-0.15, -0.1) is 0 Å². The van der Waals surface area contributed by atoms with Crippen molar-refractivity contribution in [3.63, 3.8) is 0 Å². The van der Waals surface area contributed by atoms with Crippen molar-refractivity contribution in [1.29, 1.82) is 0 Å². The number of ether oxygens (including phenoxy) is 1. The molecule has 1 aliphatic heterocycles. The highest BCUT2D eigenvalue weighted by Gasteiger charge is 2.26. The lowest BCUT2D eigenvalue weighted by Gasteiger charge is -2.30. The van der Waals surface area contributed by atoms with E-state index in [2.05, 4.69) is 20.5 Å². The molecule has 9 heteroatoms. The molecule has 0 atom stereocenters. The molecule has 1 saturated carbocycles. The van der Waals surface area contributed by atoms with Crippen LogP contribution in [0.25, 0.3) is 11.0 Å². The number of hydrogen-bond donors (Lipinski definition) is 2. The number of hydrogen-bond acceptors (Lipinski definition) is 8. The number of nitrogens with zero attached hydrogens (tertiary/aromatic N) is 4. The van der Waals surface area contributed by atoms with Gasteiger partial charge in [0.25, 0.3) is 5.56 Å². The molecule has 1 aromatic carbocycles. The highest BCUT2D eigenvalue weighted by molar-refractivity contribution is 5.99. The van der Waals surface area contributed by atoms with Crippen LogP contribution in [0.1, 0.15) is 54.6 Å². The van der Waals surface area contributed by atoms with E-state index in [-0.39, 0.29) is 22.9 Å². The Kier molecular flexibility index (Phi) is 6.42. The van der Waals surface area contributed by atoms with Crippen LogP contribution in [-0.4, -0.2) is 53.6 Å². The number of Topliss-reactive ketones (excluding diaryl/α,β-unsaturated/α-hetero) is 1. The Bertz CT molecular complexity index is 1320. The minimum Gasteiger partial charge on any atom is -0.495 e. The Balaban J connectivity index is 1.54. The molecule has 1 aliphatic carbocycles. The first kappa shape index (κ1) is 23.3. The number of anilines is 3. The van der Waals surface area contributed by atoms with E-state index in [0.29, 0.717) is 17.2 Å². The Labute approximate surface area is 204 Å². The zero-order valence-corrected chi connectivity index (χ0v) is 20.6. The van der Waals surface area contributed by atoms with E-state index >= 15 is 0 Å². The molecule has 0 radical (unpaired) electrons. The number of aryl methyl sites for hydroxylation is 1. The summed E-state index contributed by atoms with van der Waals surface area (Å²) in [7, 11) is 1.67. The fourth-order valence-corrected chi connectivity index (χ4v) is 5.36. The predicted molar refractivity (Wildman–Crippen MR) is 137 cm³/mol. The number of piperazine rings is 1. The van der Waals surface area contributed by atoms with E-state index in [0.717, 1.165) is 74.4 Å². The maximum Gasteiger partial charge on any atom is 0.263 e. The SMILES string of the molecule is COc1cc(Nc2ncc3c(C)c(C(C)=O)c(=O)n(C4CCCC4)c3n2)ccc1N1CCNCC1. The largest absolute Gasteiger partial charge is 0.495 e. The third kappa shape index (κ3) is 4.36. The lowest BCUT2D eigenvalue weighted by Crippen LogP contribution is -2.43. The summed E-state index contributed by atoms with van der Waals surface area (Å²) in [4.78, 5) is 37.3. The van der Waals surface area contributed by atoms with Gasteiger partial charge in [-0.25, -0.2) is 4.98 Å². The van der Waals surface area contributed by atoms with Crippen LogP contribution in [0.5, 0.6) is 5.75 Å². The van der Waals surface area contributed by atoms with Gasteiger partial charge in [0, 0.05) is 55.6 Å². The highest BCUT2D eigenvalue weighted by atomic mass is 16.5. The maximum atomic E-state index is 13.4. The molecule has 2 fully saturated rings. The van der Waals surface area contributed by atoms with Crippen LogP contribution < -0.4 is 25.8 Å². The normalized spacial score (nSPS) is 16.6. The average molecular weight is 477 g/mol. The second-order valence-electron chi connectivity index (χ2n) is 9.35. The minimum atomic E-state index is -0.249. The third-order valence-electron chi connectivity index (χ3n) is 7.14. The summed E-state index contributed by atoms with van der Waals surface area (Å²) in [6, 6.07) is 6.02. The number of pyridine rings is 1. The molecular weight excluding hydrogens is 444 g/mol. The quantitative estimate of drug-likeness (QED) is 0.521. The van der Waals surface area contributed by atoms with Crippen LogP contribution in [0.4, 0.5) is 17.3 Å². The Morgan fingerprint density at radius 3 is 2.63 bits per heavy atom. The summed E-state index contributed by atoms with van der Waals surface area (Å²) in [5, 5.41) is 7.38. The molecule has 2 N–H and O–H groups in total. The second-order valence-corrected chi connectivity index (χ2v) is 9.35. The molecular formula is C26H32N6O3. The lowest BCUT2D eigenvalue weighted by molar-refractivity contribution is 0.101. The first-order valence-electron chi connectivity index (χ1n) is 12.3. The first-order valence-corrected chi connectivity index (χ1v) is 12.3. The number of carbonyl (C=O) groups is 1. The average Bonchev–Trinajstić information content (AvgIpc) is 3.39. The highest BCUT2D eigenvalue weighted by Crippen LogP contribution is 2.34. The van der Waals surface area contributed by atoms with Crippen LogP contribution in [-0.2, 0) is 0 Å². The molecule has 2 aromatic heterocycles. The first-order chi connectivity index (χ1) is 17.0. The van der Waals surface area contributed by atoms with E-state index in [4.69, 9.17) is 9.72 Å². The van der Waals surface area contributed by atoms with Gasteiger partial charge in [-0.3, -0.25) is 14.2 Å². The summed E-state index contributed by atoms with van der Waals surface area (Å²) in [5.41, 5.74) is 3.06. The monoisotopic (exact) mass is 476 g/mol. The zero-order chi connectivity index (χ0) is 24.5. The molecule has 0 spiro atoms. The molecule has 9 nitrogen and oxygen atoms in total. The summed E-state index contributed by atoms with van der Waals surface area (Å²) >= 11 is 0. The smallest absolute Gasteiger partial charge is 0.263 e. The Hall–Kier alpha value is -3.46. The molecule has 35 heavy (non-hydrogen) atoms. The van der Waals surface area contributed by atoms with Gasteiger partial charge in [0.05, 0.1) is 18.4 Å². The summed E-state index contributed by atoms with van der Waals surface area (Å²) in [6.45, 7) is 7.00. The van der Waals surface area contributed by atoms with Crippen LogP contribution in [0.2, 0.25) is 0 Å². The minimum absolute atomic E-state index is 0.0462. The van der Waals surface area contributed by atoms with Gasteiger partial charge in [-0.2, -0.15) is 4.98 Å². The van der Waals surface area contributed by atoms with Gasteiger partial charge < -0.3 is 20.3 Å². The van der Waals surface area contributed by atoms with E-state index in [1.165, 1.54) is 6.92 Å². The Morgan fingerprint density at radius 2 is 1.94 bits per heavy atom. The van der Waals surface area contributed by atoms with Gasteiger partial charge in [0.15, 0.2) is 5.78 Å². The lowest BCUT2D eigenvalue weighted by atomic mass is 10.0. The van der Waals surface area contributed by atoms with Crippen molar-refractivity contribution in [1.82, 2.24) is 19.9 Å². The maximum absolute atomic E-state index is 13.4. The van der Waals surface area contributed by atoms with Crippen molar-refractivity contribution in [2.24, 2.45) is 0 Å². The molecule has 0 unspecified atom stereocenters. The van der Waals surface area contributed by atoms with Gasteiger partial charge >= 0.3 is 0 Å². The number of methoxy groups -OCH3 is 1. The summed E-state index contributed by atoms with van der Waals surface area (Å²) < 4.78 is 7.41. The molecule has 2 aliphatic rings. The number of benzene rings is 1. The van der Waals surface area contributed by atoms with E-state index in [9.17, 15) is 9.59 Å². The number of fused-ring (bicyclic) bond motifs is 1. The van der Waals surface area contributed by atoms with Crippen LogP contribution in [0.3, 0.4) is 0 Å². The van der Waals surface area contributed by atoms with E-state index in [1.807, 2.05) is 18.2 Å². The molecule has 0 bridgehead atoms. The molecule has 0 amide bonds. The van der Waals surface area contributed by atoms with E-state index in [1.54, 1.807) is 24.8 Å². The van der Waals surface area contributed by atoms with Crippen LogP contribution in [0.15, 0.2) is 29.2 Å². The molecule has 3 aromatic rings. The standard InChI is InChI=1S/C26H32N6O3/c1-16-20-15-28-26(29-18-8-9-21(22(14-18)35-3)31-12-10-27-11-13-31)30-24(20)32(19-6-4-5-7-19)25(34)23(16)17(2)33/h8-9,14-15,19,27H,4-7,10-13H2,1-3H3,(H,28,29,30). The van der Waals surface area contributed by atoms with Crippen molar-refractivity contribution in [3.05, 3.63) is 45.9 Å². The number of carbonyl (C=O) groups excluding carboxylic acids is 1. The molecule has 1 saturated heterocycles. The van der Waals surface area contributed by atoms with E-state index < -0.39 is 0 Å². The fraction of sp³-hybridized carbons (Fsp3) is 0.462. The number of aromatic nitrogens is 3. The van der Waals surface area contributed by atoms with Crippen molar-refractivity contribution >= 4 is 34.1 Å². The number of rotatable bonds is 6. The molecule has 184 valence electrons. The molecule has 3 heterocycles. The predicted octanol–water partition coefficient (Wildman–Crippen LogP) is 3.58. The summed E-state index contributed by atoms with van der Waals surface area (Å²) in [5.74, 6) is 0.957. The van der Waals surface area contributed by atoms with Gasteiger partial charge in [-0.1, -0.05) is 12.8 Å². The van der Waals surface area contributed by atoms with Gasteiger partial charge in [0.2, 0.25) is 5.95 Å². The fourth-order valence-electron chi connectivity index (χ4n) is 5.36. The Morgan fingerprint density at radius 1 is 1.20 bits per heavy atom. The van der Waals surface area contributed by atoms with Crippen LogP contribution >= 0.6 is 0 Å². The third-order valence-corrected chi connectivity index (χ3v) is 7.14. The van der Waals surface area contributed by atoms with Crippen molar-refractivity contribution in [2.45, 2.75) is 45.6 Å².